The molecule has 0 unspecified atom stereocenters. The monoisotopic (exact) mass is 373 g/mol. The minimum atomic E-state index is -0.655. The Hall–Kier alpha value is -3.19. The predicted molar refractivity (Wildman–Crippen MR) is 98.6 cm³/mol. The van der Waals surface area contributed by atoms with E-state index in [-0.39, 0.29) is 0 Å². The summed E-state index contributed by atoms with van der Waals surface area (Å²) >= 11 is 5.61. The average Bonchev–Trinajstić information content (AvgIpc) is 3.01. The first-order chi connectivity index (χ1) is 12.4. The van der Waals surface area contributed by atoms with Gasteiger partial charge in [0, 0.05) is 22.9 Å². The van der Waals surface area contributed by atoms with Gasteiger partial charge in [-0.25, -0.2) is 4.79 Å². The van der Waals surface area contributed by atoms with E-state index in [2.05, 4.69) is 0 Å². The molecule has 0 fully saturated rings. The van der Waals surface area contributed by atoms with Crippen LogP contribution in [0, 0.1) is 6.92 Å². The van der Waals surface area contributed by atoms with Gasteiger partial charge in [0.1, 0.15) is 17.6 Å². The van der Waals surface area contributed by atoms with Gasteiger partial charge in [-0.1, -0.05) is 6.07 Å². The van der Waals surface area contributed by atoms with E-state index in [9.17, 15) is 9.59 Å². The lowest BCUT2D eigenvalue weighted by Gasteiger charge is -2.12. The minimum absolute atomic E-state index is 0.345. The summed E-state index contributed by atoms with van der Waals surface area (Å²) in [6.07, 6.45) is 1.58. The van der Waals surface area contributed by atoms with Crippen LogP contribution in [-0.4, -0.2) is 23.6 Å². The van der Waals surface area contributed by atoms with Crippen molar-refractivity contribution in [2.75, 3.05) is 7.11 Å². The van der Waals surface area contributed by atoms with Crippen molar-refractivity contribution in [3.05, 3.63) is 47.7 Å². The highest BCUT2D eigenvalue weighted by molar-refractivity contribution is 6.12. The number of ether oxygens (including phenoxy) is 1. The third kappa shape index (κ3) is 2.72. The van der Waals surface area contributed by atoms with Crippen molar-refractivity contribution in [3.8, 4) is 22.6 Å². The lowest BCUT2D eigenvalue weighted by molar-refractivity contribution is 0.0999. The number of hydrogen-bond acceptors (Lipinski definition) is 4. The molecule has 0 radical (unpaired) electrons. The topological polar surface area (TPSA) is 110 Å². The second-order valence-corrected chi connectivity index (χ2v) is 5.86. The highest BCUT2D eigenvalue weighted by Gasteiger charge is 2.21. The molecule has 4 N–H and O–H groups in total. The Morgan fingerprint density at radius 2 is 1.85 bits per heavy atom. The molecule has 3 aromatic rings. The van der Waals surface area contributed by atoms with Gasteiger partial charge in [-0.15, -0.1) is 0 Å². The van der Waals surface area contributed by atoms with Crippen molar-refractivity contribution >= 4 is 34.7 Å². The molecule has 0 aliphatic rings. The Morgan fingerprint density at radius 3 is 2.42 bits per heavy atom. The highest BCUT2D eigenvalue weighted by Crippen LogP contribution is 2.42. The van der Waals surface area contributed by atoms with Crippen molar-refractivity contribution in [1.29, 1.82) is 0 Å². The minimum Gasteiger partial charge on any atom is -0.496 e. The van der Waals surface area contributed by atoms with Gasteiger partial charge in [0.15, 0.2) is 5.75 Å². The number of carbonyl (C=O) groups is 2. The number of rotatable bonds is 4. The van der Waals surface area contributed by atoms with E-state index in [0.29, 0.717) is 44.7 Å². The molecule has 2 amide bonds. The van der Waals surface area contributed by atoms with Gasteiger partial charge in [-0.2, -0.15) is 0 Å². The molecule has 0 bridgehead atoms. The van der Waals surface area contributed by atoms with Gasteiger partial charge < -0.3 is 20.5 Å². The van der Waals surface area contributed by atoms with Gasteiger partial charge in [0.25, 0.3) is 0 Å². The molecule has 0 saturated carbocycles. The zero-order valence-corrected chi connectivity index (χ0v) is 14.8. The van der Waals surface area contributed by atoms with E-state index in [1.807, 2.05) is 0 Å². The molecule has 0 spiro atoms. The quantitative estimate of drug-likeness (QED) is 0.731. The third-order valence-electron chi connectivity index (χ3n) is 4.21. The van der Waals surface area contributed by atoms with Crippen LogP contribution in [0.4, 0.5) is 4.79 Å². The van der Waals surface area contributed by atoms with E-state index < -0.39 is 11.9 Å². The Balaban J connectivity index is 2.41. The van der Waals surface area contributed by atoms with Crippen LogP contribution in [0.5, 0.6) is 11.5 Å². The molecule has 8 heteroatoms. The summed E-state index contributed by atoms with van der Waals surface area (Å²) in [6, 6.07) is 7.75. The van der Waals surface area contributed by atoms with Crippen LogP contribution in [0.15, 0.2) is 36.5 Å². The number of primary amides is 2. The number of nitrogens with zero attached hydrogens (tertiary/aromatic N) is 1. The maximum atomic E-state index is 11.8. The SMILES string of the molecule is COc1cc(C(N)=O)c(C)cc1-c1cn(C(N)=O)c2cccc(OCl)c12. The van der Waals surface area contributed by atoms with Crippen LogP contribution >= 0.6 is 11.9 Å². The Morgan fingerprint density at radius 1 is 1.12 bits per heavy atom. The fourth-order valence-electron chi connectivity index (χ4n) is 3.04. The number of aromatic nitrogens is 1. The number of aryl methyl sites for hydroxylation is 1. The average molecular weight is 374 g/mol. The second-order valence-electron chi connectivity index (χ2n) is 5.71. The molecule has 2 aromatic carbocycles. The fourth-order valence-corrected chi connectivity index (χ4v) is 3.17. The summed E-state index contributed by atoms with van der Waals surface area (Å²) in [5.74, 6) is 0.215. The molecule has 0 atom stereocenters. The molecule has 134 valence electrons. The van der Waals surface area contributed by atoms with Crippen molar-refractivity contribution in [2.45, 2.75) is 6.92 Å². The Kier molecular flexibility index (Phi) is 4.48. The first-order valence-corrected chi connectivity index (χ1v) is 7.91. The summed E-state index contributed by atoms with van der Waals surface area (Å²) in [5, 5.41) is 0.589. The number of hydrogen-bond donors (Lipinski definition) is 2. The van der Waals surface area contributed by atoms with Gasteiger partial charge in [-0.05, 0) is 36.8 Å². The summed E-state index contributed by atoms with van der Waals surface area (Å²) in [4.78, 5) is 23.5. The number of amides is 2. The number of carbonyl (C=O) groups excluding carboxylic acids is 2. The molecule has 1 aromatic heterocycles. The maximum absolute atomic E-state index is 11.8. The van der Waals surface area contributed by atoms with Crippen LogP contribution in [0.1, 0.15) is 15.9 Å². The molecule has 0 aliphatic carbocycles. The molecule has 0 aliphatic heterocycles. The lowest BCUT2D eigenvalue weighted by atomic mass is 9.97. The zero-order valence-electron chi connectivity index (χ0n) is 14.1. The van der Waals surface area contributed by atoms with E-state index in [1.165, 1.54) is 11.7 Å². The predicted octanol–water partition coefficient (Wildman–Crippen LogP) is 3.18. The van der Waals surface area contributed by atoms with Gasteiger partial charge in [-0.3, -0.25) is 9.36 Å². The van der Waals surface area contributed by atoms with Gasteiger partial charge >= 0.3 is 6.03 Å². The van der Waals surface area contributed by atoms with Crippen molar-refractivity contribution in [3.63, 3.8) is 0 Å². The summed E-state index contributed by atoms with van der Waals surface area (Å²) in [7, 11) is 1.48. The fraction of sp³-hybridized carbons (Fsp3) is 0.111. The first kappa shape index (κ1) is 17.6. The smallest absolute Gasteiger partial charge is 0.323 e. The first-order valence-electron chi connectivity index (χ1n) is 7.60. The van der Waals surface area contributed by atoms with Crippen LogP contribution in [0.25, 0.3) is 22.0 Å². The third-order valence-corrected chi connectivity index (χ3v) is 4.38. The van der Waals surface area contributed by atoms with Crippen LogP contribution in [0.2, 0.25) is 0 Å². The molecule has 1 heterocycles. The summed E-state index contributed by atoms with van der Waals surface area (Å²) in [5.41, 5.74) is 13.7. The van der Waals surface area contributed by atoms with Crippen LogP contribution in [-0.2, 0) is 0 Å². The standard InChI is InChI=1S/C18H16ClN3O4/c1-9-6-11(15(25-2)7-10(9)17(20)23)12-8-22(18(21)24)13-4-3-5-14(26-19)16(12)13/h3-8H,1-2H3,(H2,20,23)(H2,21,24). The highest BCUT2D eigenvalue weighted by atomic mass is 35.5. The second kappa shape index (κ2) is 6.61. The molecule has 0 saturated heterocycles. The van der Waals surface area contributed by atoms with Crippen LogP contribution < -0.4 is 20.5 Å². The molecule has 7 nitrogen and oxygen atoms in total. The summed E-state index contributed by atoms with van der Waals surface area (Å²) < 4.78 is 11.7. The van der Waals surface area contributed by atoms with E-state index in [4.69, 9.17) is 32.4 Å². The number of halogens is 1. The largest absolute Gasteiger partial charge is 0.496 e. The van der Waals surface area contributed by atoms with Crippen molar-refractivity contribution in [1.82, 2.24) is 4.57 Å². The molecule has 26 heavy (non-hydrogen) atoms. The molecular formula is C18H16ClN3O4. The number of nitrogens with two attached hydrogens (primary N) is 2. The van der Waals surface area contributed by atoms with E-state index >= 15 is 0 Å². The maximum Gasteiger partial charge on any atom is 0.323 e. The van der Waals surface area contributed by atoms with Gasteiger partial charge in [0.2, 0.25) is 5.91 Å². The summed E-state index contributed by atoms with van der Waals surface area (Å²) in [6.45, 7) is 1.76. The van der Waals surface area contributed by atoms with E-state index in [0.717, 1.165) is 0 Å². The Labute approximate surface area is 154 Å². The van der Waals surface area contributed by atoms with Gasteiger partial charge in [0.05, 0.1) is 18.0 Å². The normalized spacial score (nSPS) is 10.7. The molecule has 3 rings (SSSR count). The Bertz CT molecular complexity index is 1040. The molecular weight excluding hydrogens is 358 g/mol. The van der Waals surface area contributed by atoms with E-state index in [1.54, 1.807) is 43.5 Å². The van der Waals surface area contributed by atoms with Crippen molar-refractivity contribution in [2.24, 2.45) is 11.5 Å². The number of fused-ring (bicyclic) bond motifs is 1. The number of methoxy groups -OCH3 is 1. The lowest BCUT2D eigenvalue weighted by Crippen LogP contribution is -2.18. The van der Waals surface area contributed by atoms with Crippen molar-refractivity contribution < 1.29 is 18.6 Å². The number of benzene rings is 2. The zero-order chi connectivity index (χ0) is 19.0. The van der Waals surface area contributed by atoms with Crippen LogP contribution in [0.3, 0.4) is 0 Å².